The van der Waals surface area contributed by atoms with E-state index < -0.39 is 5.60 Å². The van der Waals surface area contributed by atoms with Crippen molar-refractivity contribution < 1.29 is 14.6 Å². The number of hydrogen-bond donors (Lipinski definition) is 2. The molecule has 98 valence electrons. The summed E-state index contributed by atoms with van der Waals surface area (Å²) in [6, 6.07) is 0.285. The van der Waals surface area contributed by atoms with Crippen LogP contribution in [0.25, 0.3) is 0 Å². The molecule has 0 saturated carbocycles. The highest BCUT2D eigenvalue weighted by Crippen LogP contribution is 2.31. The van der Waals surface area contributed by atoms with E-state index in [1.165, 1.54) is 0 Å². The second-order valence-corrected chi connectivity index (χ2v) is 5.88. The highest BCUT2D eigenvalue weighted by molar-refractivity contribution is 5.70. The summed E-state index contributed by atoms with van der Waals surface area (Å²) in [6.07, 6.45) is 1.69. The molecule has 17 heavy (non-hydrogen) atoms. The molecule has 2 rings (SSSR count). The van der Waals surface area contributed by atoms with E-state index in [2.05, 4.69) is 5.32 Å². The molecule has 2 aliphatic heterocycles. The molecule has 2 aliphatic rings. The molecule has 2 saturated heterocycles. The van der Waals surface area contributed by atoms with Gasteiger partial charge in [-0.1, -0.05) is 0 Å². The fourth-order valence-corrected chi connectivity index (χ4v) is 2.72. The molecule has 5 heteroatoms. The Hall–Kier alpha value is -0.810. The van der Waals surface area contributed by atoms with Crippen molar-refractivity contribution in [2.75, 3.05) is 13.2 Å². The molecule has 1 amide bonds. The molecule has 3 atom stereocenters. The van der Waals surface area contributed by atoms with Crippen molar-refractivity contribution in [2.45, 2.75) is 57.3 Å². The second-order valence-electron chi connectivity index (χ2n) is 5.88. The molecular formula is C12H22N2O3. The van der Waals surface area contributed by atoms with Gasteiger partial charge in [0, 0.05) is 12.6 Å². The lowest BCUT2D eigenvalue weighted by Gasteiger charge is -2.40. The fourth-order valence-electron chi connectivity index (χ4n) is 2.72. The first-order valence-corrected chi connectivity index (χ1v) is 6.28. The zero-order chi connectivity index (χ0) is 12.6. The van der Waals surface area contributed by atoms with Crippen LogP contribution in [-0.2, 0) is 4.74 Å². The predicted molar refractivity (Wildman–Crippen MR) is 63.8 cm³/mol. The molecule has 0 aliphatic carbocycles. The van der Waals surface area contributed by atoms with E-state index in [-0.39, 0.29) is 30.8 Å². The largest absolute Gasteiger partial charge is 0.444 e. The van der Waals surface area contributed by atoms with Crippen molar-refractivity contribution in [1.82, 2.24) is 10.2 Å². The number of hydrogen-bond acceptors (Lipinski definition) is 4. The quantitative estimate of drug-likeness (QED) is 0.711. The minimum Gasteiger partial charge on any atom is -0.444 e. The van der Waals surface area contributed by atoms with E-state index >= 15 is 0 Å². The molecule has 2 fully saturated rings. The summed E-state index contributed by atoms with van der Waals surface area (Å²) in [5.41, 5.74) is -0.462. The highest BCUT2D eigenvalue weighted by Gasteiger charge is 2.45. The van der Waals surface area contributed by atoms with E-state index in [1.54, 1.807) is 0 Å². The van der Waals surface area contributed by atoms with Gasteiger partial charge in [0.25, 0.3) is 0 Å². The summed E-state index contributed by atoms with van der Waals surface area (Å²) in [6.45, 7) is 6.44. The maximum atomic E-state index is 12.1. The number of piperazine rings is 1. The van der Waals surface area contributed by atoms with Crippen LogP contribution in [0.5, 0.6) is 0 Å². The van der Waals surface area contributed by atoms with Gasteiger partial charge in [0.2, 0.25) is 0 Å². The van der Waals surface area contributed by atoms with Gasteiger partial charge in [0.15, 0.2) is 0 Å². The first kappa shape index (κ1) is 12.6. The molecule has 0 aromatic carbocycles. The average Bonchev–Trinajstić information content (AvgIpc) is 2.52. The molecule has 2 bridgehead atoms. The van der Waals surface area contributed by atoms with Gasteiger partial charge in [-0.15, -0.1) is 0 Å². The first-order valence-electron chi connectivity index (χ1n) is 6.28. The summed E-state index contributed by atoms with van der Waals surface area (Å²) in [5, 5.41) is 12.6. The Labute approximate surface area is 102 Å². The molecule has 0 aromatic heterocycles. The van der Waals surface area contributed by atoms with Crippen LogP contribution in [0.3, 0.4) is 0 Å². The Morgan fingerprint density at radius 2 is 2.18 bits per heavy atom. The van der Waals surface area contributed by atoms with Crippen LogP contribution in [0.4, 0.5) is 4.79 Å². The molecule has 2 heterocycles. The summed E-state index contributed by atoms with van der Waals surface area (Å²) < 4.78 is 5.43. The van der Waals surface area contributed by atoms with Gasteiger partial charge in [-0.05, 0) is 33.6 Å². The Balaban J connectivity index is 2.07. The number of nitrogens with one attached hydrogen (secondary N) is 1. The number of carbonyl (C=O) groups excluding carboxylic acids is 1. The zero-order valence-electron chi connectivity index (χ0n) is 10.8. The van der Waals surface area contributed by atoms with Gasteiger partial charge >= 0.3 is 6.09 Å². The van der Waals surface area contributed by atoms with Crippen molar-refractivity contribution in [3.8, 4) is 0 Å². The molecule has 0 aromatic rings. The smallest absolute Gasteiger partial charge is 0.410 e. The SMILES string of the molecule is CC(C)(C)OC(=O)N1[C@H]2CC[C@@H]1[C@H](CO)NC2. The molecule has 0 unspecified atom stereocenters. The van der Waals surface area contributed by atoms with Crippen LogP contribution in [0.15, 0.2) is 0 Å². The third-order valence-electron chi connectivity index (χ3n) is 3.43. The lowest BCUT2D eigenvalue weighted by Crippen LogP contribution is -2.61. The van der Waals surface area contributed by atoms with E-state index in [4.69, 9.17) is 4.74 Å². The number of amides is 1. The van der Waals surface area contributed by atoms with Gasteiger partial charge in [-0.3, -0.25) is 4.90 Å². The van der Waals surface area contributed by atoms with Crippen molar-refractivity contribution in [2.24, 2.45) is 0 Å². The van der Waals surface area contributed by atoms with Crippen LogP contribution in [-0.4, -0.2) is 53.0 Å². The molecular weight excluding hydrogens is 220 g/mol. The maximum absolute atomic E-state index is 12.1. The maximum Gasteiger partial charge on any atom is 0.410 e. The van der Waals surface area contributed by atoms with Crippen molar-refractivity contribution >= 4 is 6.09 Å². The van der Waals surface area contributed by atoms with Crippen LogP contribution in [0.2, 0.25) is 0 Å². The third-order valence-corrected chi connectivity index (χ3v) is 3.43. The molecule has 2 N–H and O–H groups in total. The van der Waals surface area contributed by atoms with Gasteiger partial charge in [-0.25, -0.2) is 4.79 Å². The summed E-state index contributed by atoms with van der Waals surface area (Å²) in [4.78, 5) is 14.0. The third kappa shape index (κ3) is 2.55. The average molecular weight is 242 g/mol. The lowest BCUT2D eigenvalue weighted by molar-refractivity contribution is 0.000412. The monoisotopic (exact) mass is 242 g/mol. The Morgan fingerprint density at radius 3 is 2.76 bits per heavy atom. The minimum atomic E-state index is -0.462. The number of aliphatic hydroxyl groups is 1. The number of rotatable bonds is 1. The van der Waals surface area contributed by atoms with Crippen molar-refractivity contribution in [3.63, 3.8) is 0 Å². The van der Waals surface area contributed by atoms with E-state index in [0.29, 0.717) is 0 Å². The van der Waals surface area contributed by atoms with Crippen LogP contribution in [0.1, 0.15) is 33.6 Å². The van der Waals surface area contributed by atoms with Crippen LogP contribution >= 0.6 is 0 Å². The Bertz CT molecular complexity index is 301. The van der Waals surface area contributed by atoms with Gasteiger partial charge in [-0.2, -0.15) is 0 Å². The Kier molecular flexibility index (Phi) is 3.32. The van der Waals surface area contributed by atoms with Gasteiger partial charge in [0.05, 0.1) is 18.7 Å². The molecule has 0 radical (unpaired) electrons. The van der Waals surface area contributed by atoms with E-state index in [9.17, 15) is 9.90 Å². The number of aliphatic hydroxyl groups excluding tert-OH is 1. The van der Waals surface area contributed by atoms with Crippen molar-refractivity contribution in [1.29, 1.82) is 0 Å². The summed E-state index contributed by atoms with van der Waals surface area (Å²) in [7, 11) is 0. The lowest BCUT2D eigenvalue weighted by atomic mass is 10.1. The van der Waals surface area contributed by atoms with Crippen LogP contribution < -0.4 is 5.32 Å². The summed E-state index contributed by atoms with van der Waals surface area (Å²) >= 11 is 0. The topological polar surface area (TPSA) is 61.8 Å². The fraction of sp³-hybridized carbons (Fsp3) is 0.917. The predicted octanol–water partition coefficient (Wildman–Crippen LogP) is 0.719. The van der Waals surface area contributed by atoms with Gasteiger partial charge < -0.3 is 15.2 Å². The standard InChI is InChI=1S/C12H22N2O3/c1-12(2,3)17-11(16)14-8-4-5-10(14)9(7-15)13-6-8/h8-10,13,15H,4-7H2,1-3H3/t8-,9-,10+/m0/s1. The van der Waals surface area contributed by atoms with E-state index in [1.807, 2.05) is 25.7 Å². The number of fused-ring (bicyclic) bond motifs is 2. The normalized spacial score (nSPS) is 32.7. The number of carbonyl (C=O) groups is 1. The van der Waals surface area contributed by atoms with E-state index in [0.717, 1.165) is 19.4 Å². The summed E-state index contributed by atoms with van der Waals surface area (Å²) in [5.74, 6) is 0. The van der Waals surface area contributed by atoms with Crippen molar-refractivity contribution in [3.05, 3.63) is 0 Å². The van der Waals surface area contributed by atoms with Crippen LogP contribution in [0, 0.1) is 0 Å². The van der Waals surface area contributed by atoms with Gasteiger partial charge in [0.1, 0.15) is 5.60 Å². The second kappa shape index (κ2) is 4.46. The highest BCUT2D eigenvalue weighted by atomic mass is 16.6. The number of ether oxygens (including phenoxy) is 1. The molecule has 5 nitrogen and oxygen atoms in total. The zero-order valence-corrected chi connectivity index (χ0v) is 10.8. The Morgan fingerprint density at radius 1 is 1.47 bits per heavy atom. The number of nitrogens with zero attached hydrogens (tertiary/aromatic N) is 1. The first-order chi connectivity index (χ1) is 7.92. The molecule has 0 spiro atoms. The minimum absolute atomic E-state index is 0.0127.